The number of primary amides is 1. The van der Waals surface area contributed by atoms with Gasteiger partial charge in [-0.2, -0.15) is 0 Å². The lowest BCUT2D eigenvalue weighted by molar-refractivity contribution is -0.117. The van der Waals surface area contributed by atoms with Gasteiger partial charge in [0.1, 0.15) is 5.69 Å². The summed E-state index contributed by atoms with van der Waals surface area (Å²) in [5.41, 5.74) is 10.7. The van der Waals surface area contributed by atoms with Crippen molar-refractivity contribution in [3.8, 4) is 21.6 Å². The van der Waals surface area contributed by atoms with Crippen molar-refractivity contribution in [2.24, 2.45) is 10.9 Å². The van der Waals surface area contributed by atoms with Crippen molar-refractivity contribution in [3.05, 3.63) is 63.6 Å². The van der Waals surface area contributed by atoms with Crippen molar-refractivity contribution in [2.45, 2.75) is 26.7 Å². The van der Waals surface area contributed by atoms with Crippen molar-refractivity contribution < 1.29 is 4.79 Å². The molecule has 1 aromatic heterocycles. The number of hydrogen-bond acceptors (Lipinski definition) is 5. The molecule has 0 aliphatic heterocycles. The van der Waals surface area contributed by atoms with Crippen LogP contribution in [-0.4, -0.2) is 10.9 Å². The van der Waals surface area contributed by atoms with E-state index in [-0.39, 0.29) is 12.3 Å². The third kappa shape index (κ3) is 3.86. The van der Waals surface area contributed by atoms with Gasteiger partial charge >= 0.3 is 0 Å². The SMILES string of the molecule is Cc1nc(C)c(-c2ccc(-c3cccc(N=O)c3)c(CCC(N)=O)c2)s1. The third-order valence-corrected chi connectivity index (χ3v) is 5.30. The zero-order chi connectivity index (χ0) is 18.7. The number of benzene rings is 2. The smallest absolute Gasteiger partial charge is 0.217 e. The molecule has 132 valence electrons. The van der Waals surface area contributed by atoms with Crippen LogP contribution >= 0.6 is 11.3 Å². The van der Waals surface area contributed by atoms with Crippen LogP contribution in [0.1, 0.15) is 22.7 Å². The molecule has 1 amide bonds. The van der Waals surface area contributed by atoms with E-state index in [9.17, 15) is 9.70 Å². The molecule has 0 radical (unpaired) electrons. The third-order valence-electron chi connectivity index (χ3n) is 4.17. The van der Waals surface area contributed by atoms with Crippen molar-refractivity contribution in [1.82, 2.24) is 4.98 Å². The highest BCUT2D eigenvalue weighted by atomic mass is 32.1. The number of carbonyl (C=O) groups excluding carboxylic acids is 1. The molecular weight excluding hydrogens is 346 g/mol. The van der Waals surface area contributed by atoms with Gasteiger partial charge in [-0.3, -0.25) is 4.79 Å². The van der Waals surface area contributed by atoms with Gasteiger partial charge in [-0.05, 0) is 65.9 Å². The van der Waals surface area contributed by atoms with Gasteiger partial charge in [0.15, 0.2) is 0 Å². The number of nitroso groups, excluding NO2 is 1. The molecule has 0 aliphatic rings. The predicted octanol–water partition coefficient (Wildman–Crippen LogP) is 4.91. The molecule has 0 unspecified atom stereocenters. The molecule has 0 atom stereocenters. The van der Waals surface area contributed by atoms with E-state index >= 15 is 0 Å². The van der Waals surface area contributed by atoms with Crippen LogP contribution in [-0.2, 0) is 11.2 Å². The summed E-state index contributed by atoms with van der Waals surface area (Å²) in [6, 6.07) is 13.3. The number of aryl methyl sites for hydroxylation is 3. The molecule has 2 aromatic carbocycles. The molecule has 3 aromatic rings. The topological polar surface area (TPSA) is 85.4 Å². The second kappa shape index (κ2) is 7.58. The van der Waals surface area contributed by atoms with Crippen LogP contribution in [0.4, 0.5) is 5.69 Å². The molecule has 3 rings (SSSR count). The molecule has 1 heterocycles. The van der Waals surface area contributed by atoms with Crippen molar-refractivity contribution in [2.75, 3.05) is 0 Å². The van der Waals surface area contributed by atoms with Gasteiger partial charge in [-0.25, -0.2) is 4.98 Å². The Morgan fingerprint density at radius 3 is 2.62 bits per heavy atom. The summed E-state index contributed by atoms with van der Waals surface area (Å²) >= 11 is 1.65. The maximum absolute atomic E-state index is 11.3. The van der Waals surface area contributed by atoms with Gasteiger partial charge in [0, 0.05) is 6.42 Å². The van der Waals surface area contributed by atoms with E-state index in [4.69, 9.17) is 5.73 Å². The predicted molar refractivity (Wildman–Crippen MR) is 105 cm³/mol. The average molecular weight is 365 g/mol. The second-order valence-electron chi connectivity index (χ2n) is 6.13. The lowest BCUT2D eigenvalue weighted by Gasteiger charge is -2.12. The van der Waals surface area contributed by atoms with Crippen LogP contribution in [0.5, 0.6) is 0 Å². The maximum atomic E-state index is 11.3. The molecule has 0 saturated carbocycles. The van der Waals surface area contributed by atoms with Crippen LogP contribution in [0, 0.1) is 18.8 Å². The number of nitrogens with zero attached hydrogens (tertiary/aromatic N) is 2. The van der Waals surface area contributed by atoms with Crippen LogP contribution in [0.25, 0.3) is 21.6 Å². The van der Waals surface area contributed by atoms with Crippen molar-refractivity contribution in [3.63, 3.8) is 0 Å². The Labute approximate surface area is 155 Å². The molecule has 0 bridgehead atoms. The number of thiazole rings is 1. The first-order chi connectivity index (χ1) is 12.5. The van der Waals surface area contributed by atoms with Gasteiger partial charge in [0.05, 0.1) is 15.6 Å². The summed E-state index contributed by atoms with van der Waals surface area (Å²) in [7, 11) is 0. The highest BCUT2D eigenvalue weighted by molar-refractivity contribution is 7.15. The van der Waals surface area contributed by atoms with Crippen LogP contribution in [0.15, 0.2) is 47.6 Å². The molecule has 2 N–H and O–H groups in total. The number of hydrogen-bond donors (Lipinski definition) is 1. The highest BCUT2D eigenvalue weighted by Gasteiger charge is 2.13. The van der Waals surface area contributed by atoms with Gasteiger partial charge in [-0.1, -0.05) is 24.3 Å². The lowest BCUT2D eigenvalue weighted by atomic mass is 9.93. The Bertz CT molecular complexity index is 979. The van der Waals surface area contributed by atoms with E-state index in [1.165, 1.54) is 0 Å². The number of aromatic nitrogens is 1. The average Bonchev–Trinajstić information content (AvgIpc) is 2.98. The quantitative estimate of drug-likeness (QED) is 0.630. The van der Waals surface area contributed by atoms with Crippen molar-refractivity contribution in [1.29, 1.82) is 0 Å². The van der Waals surface area contributed by atoms with Crippen LogP contribution < -0.4 is 5.73 Å². The number of nitrogens with two attached hydrogens (primary N) is 1. The molecule has 0 spiro atoms. The minimum Gasteiger partial charge on any atom is -0.370 e. The fraction of sp³-hybridized carbons (Fsp3) is 0.200. The summed E-state index contributed by atoms with van der Waals surface area (Å²) in [5, 5.41) is 4.03. The molecule has 0 fully saturated rings. The van der Waals surface area contributed by atoms with Gasteiger partial charge < -0.3 is 5.73 Å². The Morgan fingerprint density at radius 2 is 1.96 bits per heavy atom. The number of carbonyl (C=O) groups is 1. The fourth-order valence-electron chi connectivity index (χ4n) is 3.01. The zero-order valence-corrected chi connectivity index (χ0v) is 15.5. The monoisotopic (exact) mass is 365 g/mol. The van der Waals surface area contributed by atoms with E-state index < -0.39 is 0 Å². The molecular formula is C20H19N3O2S. The summed E-state index contributed by atoms with van der Waals surface area (Å²) < 4.78 is 0. The summed E-state index contributed by atoms with van der Waals surface area (Å²) in [6.07, 6.45) is 0.802. The molecule has 0 aliphatic carbocycles. The van der Waals surface area contributed by atoms with E-state index in [2.05, 4.69) is 16.2 Å². The number of amides is 1. The molecule has 5 nitrogen and oxygen atoms in total. The Balaban J connectivity index is 2.09. The van der Waals surface area contributed by atoms with Crippen LogP contribution in [0.2, 0.25) is 0 Å². The lowest BCUT2D eigenvalue weighted by Crippen LogP contribution is -2.11. The maximum Gasteiger partial charge on any atom is 0.217 e. The normalized spacial score (nSPS) is 10.7. The van der Waals surface area contributed by atoms with Gasteiger partial charge in [0.25, 0.3) is 0 Å². The minimum absolute atomic E-state index is 0.267. The minimum atomic E-state index is -0.338. The largest absolute Gasteiger partial charge is 0.370 e. The molecule has 0 saturated heterocycles. The number of rotatable bonds is 6. The first-order valence-corrected chi connectivity index (χ1v) is 9.09. The summed E-state index contributed by atoms with van der Waals surface area (Å²) in [4.78, 5) is 27.8. The zero-order valence-electron chi connectivity index (χ0n) is 14.7. The van der Waals surface area contributed by atoms with Crippen LogP contribution in [0.3, 0.4) is 0 Å². The van der Waals surface area contributed by atoms with Gasteiger partial charge in [0.2, 0.25) is 5.91 Å². The Morgan fingerprint density at radius 1 is 1.15 bits per heavy atom. The Hall–Kier alpha value is -2.86. The van der Waals surface area contributed by atoms with E-state index in [0.717, 1.165) is 37.8 Å². The van der Waals surface area contributed by atoms with E-state index in [1.807, 2.05) is 32.0 Å². The molecule has 6 heteroatoms. The van der Waals surface area contributed by atoms with Gasteiger partial charge in [-0.15, -0.1) is 16.2 Å². The standard InChI is InChI=1S/C20H19N3O2S/c1-12-20(26-13(2)22-12)16-6-8-18(15(10-16)7-9-19(21)24)14-4-3-5-17(11-14)23-25/h3-6,8,10-11H,7,9H2,1-2H3,(H2,21,24). The summed E-state index contributed by atoms with van der Waals surface area (Å²) in [5.74, 6) is -0.338. The van der Waals surface area contributed by atoms with E-state index in [0.29, 0.717) is 12.1 Å². The van der Waals surface area contributed by atoms with Crippen molar-refractivity contribution >= 4 is 22.9 Å². The van der Waals surface area contributed by atoms with E-state index in [1.54, 1.807) is 29.5 Å². The first kappa shape index (κ1) is 17.9. The highest BCUT2D eigenvalue weighted by Crippen LogP contribution is 2.35. The molecule has 26 heavy (non-hydrogen) atoms. The Kier molecular flexibility index (Phi) is 5.23. The second-order valence-corrected chi connectivity index (χ2v) is 7.33. The first-order valence-electron chi connectivity index (χ1n) is 8.27. The fourth-order valence-corrected chi connectivity index (χ4v) is 3.93. The summed E-state index contributed by atoms with van der Waals surface area (Å²) in [6.45, 7) is 3.98.